The highest BCUT2D eigenvalue weighted by Gasteiger charge is 2.54. The number of carboxylic acids is 1. The number of ether oxygens (including phenoxy) is 1. The van der Waals surface area contributed by atoms with E-state index in [4.69, 9.17) is 9.26 Å². The molecule has 29 heavy (non-hydrogen) atoms. The van der Waals surface area contributed by atoms with Gasteiger partial charge in [-0.25, -0.2) is 0 Å². The van der Waals surface area contributed by atoms with Crippen LogP contribution >= 0.6 is 0 Å². The van der Waals surface area contributed by atoms with Crippen LogP contribution < -0.4 is 4.74 Å². The van der Waals surface area contributed by atoms with Crippen molar-refractivity contribution in [3.63, 3.8) is 0 Å². The first-order valence-electron chi connectivity index (χ1n) is 10.1. The van der Waals surface area contributed by atoms with E-state index in [1.807, 2.05) is 30.3 Å². The Morgan fingerprint density at radius 1 is 1.34 bits per heavy atom. The first-order chi connectivity index (χ1) is 14.1. The summed E-state index contributed by atoms with van der Waals surface area (Å²) in [4.78, 5) is 14.1. The maximum Gasteiger partial charge on any atom is 0.311 e. The summed E-state index contributed by atoms with van der Waals surface area (Å²) < 4.78 is 11.2. The summed E-state index contributed by atoms with van der Waals surface area (Å²) in [5.41, 5.74) is 1.07. The van der Waals surface area contributed by atoms with Crippen LogP contribution in [0.25, 0.3) is 22.0 Å². The highest BCUT2D eigenvalue weighted by Crippen LogP contribution is 2.49. The lowest BCUT2D eigenvalue weighted by atomic mass is 9.81. The van der Waals surface area contributed by atoms with E-state index in [0.717, 1.165) is 59.3 Å². The van der Waals surface area contributed by atoms with Crippen molar-refractivity contribution in [1.29, 1.82) is 0 Å². The lowest BCUT2D eigenvalue weighted by Crippen LogP contribution is -2.35. The molecule has 0 radical (unpaired) electrons. The standard InChI is InChI=1S/C23H24N2O4/c1-28-20-9-8-15-5-2-3-7-18(15)21(20)19-11-17(29-24-19)13-25-12-16-6-4-10-23(16,14-25)22(26)27/h2-3,5,7-9,11,16H,4,6,10,12-14H2,1H3,(H,26,27)/t16-,23+/m0/s1. The Labute approximate surface area is 169 Å². The molecule has 5 rings (SSSR count). The van der Waals surface area contributed by atoms with Gasteiger partial charge in [-0.15, -0.1) is 0 Å². The number of carbonyl (C=O) groups is 1. The fraction of sp³-hybridized carbons (Fsp3) is 0.391. The third-order valence-corrected chi connectivity index (χ3v) is 6.67. The van der Waals surface area contributed by atoms with Crippen LogP contribution in [-0.2, 0) is 11.3 Å². The third-order valence-electron chi connectivity index (χ3n) is 6.67. The molecule has 1 aliphatic heterocycles. The van der Waals surface area contributed by atoms with E-state index in [9.17, 15) is 9.90 Å². The molecule has 0 bridgehead atoms. The lowest BCUT2D eigenvalue weighted by Gasteiger charge is -2.23. The van der Waals surface area contributed by atoms with Crippen molar-refractivity contribution in [2.24, 2.45) is 11.3 Å². The Bertz CT molecular complexity index is 1080. The highest BCUT2D eigenvalue weighted by molar-refractivity contribution is 5.98. The van der Waals surface area contributed by atoms with E-state index in [1.165, 1.54) is 0 Å². The number of aromatic nitrogens is 1. The Morgan fingerprint density at radius 3 is 3.00 bits per heavy atom. The molecule has 1 saturated heterocycles. The fourth-order valence-corrected chi connectivity index (χ4v) is 5.27. The van der Waals surface area contributed by atoms with Gasteiger partial charge in [0.1, 0.15) is 11.4 Å². The zero-order valence-corrected chi connectivity index (χ0v) is 16.4. The van der Waals surface area contributed by atoms with Crippen molar-refractivity contribution in [3.8, 4) is 17.0 Å². The molecular weight excluding hydrogens is 368 g/mol. The minimum Gasteiger partial charge on any atom is -0.496 e. The van der Waals surface area contributed by atoms with Crippen molar-refractivity contribution in [2.75, 3.05) is 20.2 Å². The van der Waals surface area contributed by atoms with E-state index in [-0.39, 0.29) is 5.92 Å². The molecule has 1 aromatic heterocycles. The van der Waals surface area contributed by atoms with Gasteiger partial charge in [-0.3, -0.25) is 9.69 Å². The molecule has 2 atom stereocenters. The first kappa shape index (κ1) is 18.2. The number of likely N-dealkylation sites (tertiary alicyclic amines) is 1. The maximum absolute atomic E-state index is 11.9. The topological polar surface area (TPSA) is 75.8 Å². The summed E-state index contributed by atoms with van der Waals surface area (Å²) in [6.07, 6.45) is 2.79. The Hall–Kier alpha value is -2.86. The average molecular weight is 392 g/mol. The second kappa shape index (κ2) is 6.88. The van der Waals surface area contributed by atoms with Gasteiger partial charge in [0.2, 0.25) is 0 Å². The number of nitrogens with zero attached hydrogens (tertiary/aromatic N) is 2. The molecule has 2 aliphatic rings. The molecule has 150 valence electrons. The first-order valence-corrected chi connectivity index (χ1v) is 10.1. The van der Waals surface area contributed by atoms with E-state index >= 15 is 0 Å². The van der Waals surface area contributed by atoms with Gasteiger partial charge >= 0.3 is 5.97 Å². The number of aliphatic carboxylic acids is 1. The number of rotatable bonds is 5. The van der Waals surface area contributed by atoms with Crippen LogP contribution in [0.2, 0.25) is 0 Å². The van der Waals surface area contributed by atoms with E-state index in [1.54, 1.807) is 7.11 Å². The Balaban J connectivity index is 1.43. The van der Waals surface area contributed by atoms with Crippen molar-refractivity contribution in [3.05, 3.63) is 48.2 Å². The second-order valence-corrected chi connectivity index (χ2v) is 8.26. The number of fused-ring (bicyclic) bond motifs is 2. The molecule has 1 saturated carbocycles. The van der Waals surface area contributed by atoms with Gasteiger partial charge in [-0.05, 0) is 35.6 Å². The summed E-state index contributed by atoms with van der Waals surface area (Å²) in [5, 5.41) is 16.3. The number of hydrogen-bond donors (Lipinski definition) is 1. The normalized spacial score (nSPS) is 24.1. The molecular formula is C23H24N2O4. The third kappa shape index (κ3) is 2.90. The number of carboxylic acid groups (broad SMARTS) is 1. The summed E-state index contributed by atoms with van der Waals surface area (Å²) in [5.74, 6) is 1.08. The number of methoxy groups -OCH3 is 1. The predicted octanol–water partition coefficient (Wildman–Crippen LogP) is 4.19. The number of benzene rings is 2. The van der Waals surface area contributed by atoms with Gasteiger partial charge < -0.3 is 14.4 Å². The molecule has 1 N–H and O–H groups in total. The summed E-state index contributed by atoms with van der Waals surface area (Å²) in [6, 6.07) is 14.1. The molecule has 0 amide bonds. The molecule has 6 heteroatoms. The minimum atomic E-state index is -0.652. The van der Waals surface area contributed by atoms with Crippen molar-refractivity contribution in [2.45, 2.75) is 25.8 Å². The van der Waals surface area contributed by atoms with E-state index in [2.05, 4.69) is 22.2 Å². The molecule has 0 spiro atoms. The average Bonchev–Trinajstić information content (AvgIpc) is 3.42. The van der Waals surface area contributed by atoms with Crippen LogP contribution in [0.1, 0.15) is 25.0 Å². The maximum atomic E-state index is 11.9. The smallest absolute Gasteiger partial charge is 0.311 e. The molecule has 1 aliphatic carbocycles. The quantitative estimate of drug-likeness (QED) is 0.702. The van der Waals surface area contributed by atoms with Crippen LogP contribution in [-0.4, -0.2) is 41.3 Å². The molecule has 2 aromatic carbocycles. The molecule has 2 fully saturated rings. The monoisotopic (exact) mass is 392 g/mol. The predicted molar refractivity (Wildman–Crippen MR) is 109 cm³/mol. The molecule has 3 aromatic rings. The summed E-state index contributed by atoms with van der Waals surface area (Å²) in [6.45, 7) is 1.96. The van der Waals surface area contributed by atoms with Crippen molar-refractivity contribution < 1.29 is 19.2 Å². The van der Waals surface area contributed by atoms with Crippen molar-refractivity contribution >= 4 is 16.7 Å². The molecule has 6 nitrogen and oxygen atoms in total. The van der Waals surface area contributed by atoms with Crippen molar-refractivity contribution in [1.82, 2.24) is 10.1 Å². The van der Waals surface area contributed by atoms with E-state index < -0.39 is 11.4 Å². The molecule has 0 unspecified atom stereocenters. The van der Waals surface area contributed by atoms with Gasteiger partial charge in [0.15, 0.2) is 5.76 Å². The largest absolute Gasteiger partial charge is 0.496 e. The second-order valence-electron chi connectivity index (χ2n) is 8.26. The zero-order chi connectivity index (χ0) is 20.0. The fourth-order valence-electron chi connectivity index (χ4n) is 5.27. The highest BCUT2D eigenvalue weighted by atomic mass is 16.5. The zero-order valence-electron chi connectivity index (χ0n) is 16.4. The summed E-state index contributed by atoms with van der Waals surface area (Å²) >= 11 is 0. The number of hydrogen-bond acceptors (Lipinski definition) is 5. The minimum absolute atomic E-state index is 0.237. The van der Waals surface area contributed by atoms with E-state index in [0.29, 0.717) is 13.1 Å². The van der Waals surface area contributed by atoms with Crippen LogP contribution in [0, 0.1) is 11.3 Å². The van der Waals surface area contributed by atoms with Crippen LogP contribution in [0.5, 0.6) is 5.75 Å². The van der Waals surface area contributed by atoms with Gasteiger partial charge in [-0.2, -0.15) is 0 Å². The summed E-state index contributed by atoms with van der Waals surface area (Å²) in [7, 11) is 1.66. The Kier molecular flexibility index (Phi) is 4.32. The Morgan fingerprint density at radius 2 is 2.21 bits per heavy atom. The molecule has 2 heterocycles. The SMILES string of the molecule is COc1ccc2ccccc2c1-c1cc(CN2C[C@@H]3CCC[C@@]3(C(=O)O)C2)on1. The van der Waals surface area contributed by atoms with Gasteiger partial charge in [0.25, 0.3) is 0 Å². The van der Waals surface area contributed by atoms with Crippen LogP contribution in [0.15, 0.2) is 47.0 Å². The van der Waals surface area contributed by atoms with Gasteiger partial charge in [-0.1, -0.05) is 41.9 Å². The van der Waals surface area contributed by atoms with Gasteiger partial charge in [0.05, 0.1) is 24.6 Å². The van der Waals surface area contributed by atoms with Crippen LogP contribution in [0.3, 0.4) is 0 Å². The van der Waals surface area contributed by atoms with Gasteiger partial charge in [0, 0.05) is 19.2 Å². The van der Waals surface area contributed by atoms with Crippen LogP contribution in [0.4, 0.5) is 0 Å². The lowest BCUT2D eigenvalue weighted by molar-refractivity contribution is -0.149.